The molecule has 1 aromatic rings. The van der Waals surface area contributed by atoms with Crippen LogP contribution in [0.25, 0.3) is 0 Å². The van der Waals surface area contributed by atoms with Crippen LogP contribution in [-0.4, -0.2) is 48.4 Å². The number of nitrogens with zero attached hydrogens (tertiary/aromatic N) is 2. The number of hydrogen-bond donors (Lipinski definition) is 0. The third-order valence-electron chi connectivity index (χ3n) is 4.07. The summed E-state index contributed by atoms with van der Waals surface area (Å²) in [6.45, 7) is 5.38. The van der Waals surface area contributed by atoms with E-state index in [-0.39, 0.29) is 11.9 Å². The molecule has 3 nitrogen and oxygen atoms in total. The normalized spacial score (nSPS) is 16.4. The SMILES string of the molecule is CCCC(CN1CCC1)N(C)C(=O)c1ccc(Cl)cc1Cl. The zero-order chi connectivity index (χ0) is 15.4. The summed E-state index contributed by atoms with van der Waals surface area (Å²) in [5.74, 6) is -0.0318. The highest BCUT2D eigenvalue weighted by molar-refractivity contribution is 6.36. The van der Waals surface area contributed by atoms with Gasteiger partial charge in [0.25, 0.3) is 5.91 Å². The van der Waals surface area contributed by atoms with Crippen LogP contribution in [0.15, 0.2) is 18.2 Å². The lowest BCUT2D eigenvalue weighted by atomic mass is 10.1. The highest BCUT2D eigenvalue weighted by Gasteiger charge is 2.26. The van der Waals surface area contributed by atoms with Gasteiger partial charge in [0.05, 0.1) is 10.6 Å². The number of carbonyl (C=O) groups excluding carboxylic acids is 1. The lowest BCUT2D eigenvalue weighted by molar-refractivity contribution is 0.0627. The molecule has 1 heterocycles. The second kappa shape index (κ2) is 7.48. The number of hydrogen-bond acceptors (Lipinski definition) is 2. The van der Waals surface area contributed by atoms with E-state index in [4.69, 9.17) is 23.2 Å². The van der Waals surface area contributed by atoms with Crippen LogP contribution in [0.2, 0.25) is 10.0 Å². The molecule has 5 heteroatoms. The Bertz CT molecular complexity index is 503. The van der Waals surface area contributed by atoms with E-state index in [1.807, 2.05) is 11.9 Å². The predicted octanol–water partition coefficient (Wildman–Crippen LogP) is 3.94. The molecule has 1 aliphatic heterocycles. The second-order valence-corrected chi connectivity index (χ2v) is 6.48. The molecule has 0 spiro atoms. The van der Waals surface area contributed by atoms with Crippen molar-refractivity contribution in [3.05, 3.63) is 33.8 Å². The third-order valence-corrected chi connectivity index (χ3v) is 4.62. The summed E-state index contributed by atoms with van der Waals surface area (Å²) >= 11 is 12.0. The largest absolute Gasteiger partial charge is 0.337 e. The fourth-order valence-corrected chi connectivity index (χ4v) is 3.11. The lowest BCUT2D eigenvalue weighted by Crippen LogP contribution is -2.49. The number of likely N-dealkylation sites (tertiary alicyclic amines) is 1. The molecule has 116 valence electrons. The summed E-state index contributed by atoms with van der Waals surface area (Å²) in [6.07, 6.45) is 3.33. The van der Waals surface area contributed by atoms with E-state index in [0.717, 1.165) is 32.5 Å². The Morgan fingerprint density at radius 1 is 1.38 bits per heavy atom. The Morgan fingerprint density at radius 3 is 2.62 bits per heavy atom. The Hall–Kier alpha value is -0.770. The fourth-order valence-electron chi connectivity index (χ4n) is 2.62. The average Bonchev–Trinajstić information content (AvgIpc) is 2.40. The van der Waals surface area contributed by atoms with Gasteiger partial charge in [0.2, 0.25) is 0 Å². The molecule has 0 saturated carbocycles. The molecule has 0 N–H and O–H groups in total. The Morgan fingerprint density at radius 2 is 2.10 bits per heavy atom. The molecule has 1 aliphatic rings. The Balaban J connectivity index is 2.10. The van der Waals surface area contributed by atoms with Gasteiger partial charge in [0, 0.05) is 24.7 Å². The molecular formula is C16H22Cl2N2O. The fraction of sp³-hybridized carbons (Fsp3) is 0.562. The molecule has 0 aromatic heterocycles. The first-order valence-corrected chi connectivity index (χ1v) is 8.23. The molecule has 1 fully saturated rings. The number of amides is 1. The molecule has 0 bridgehead atoms. The summed E-state index contributed by atoms with van der Waals surface area (Å²) in [4.78, 5) is 16.9. The van der Waals surface area contributed by atoms with Crippen LogP contribution in [0.4, 0.5) is 0 Å². The van der Waals surface area contributed by atoms with Crippen molar-refractivity contribution >= 4 is 29.1 Å². The van der Waals surface area contributed by atoms with Crippen LogP contribution in [0.3, 0.4) is 0 Å². The van der Waals surface area contributed by atoms with E-state index in [2.05, 4.69) is 11.8 Å². The van der Waals surface area contributed by atoms with E-state index in [1.165, 1.54) is 6.42 Å². The van der Waals surface area contributed by atoms with Crippen LogP contribution in [-0.2, 0) is 0 Å². The van der Waals surface area contributed by atoms with Crippen molar-refractivity contribution < 1.29 is 4.79 Å². The highest BCUT2D eigenvalue weighted by Crippen LogP contribution is 2.23. The van der Waals surface area contributed by atoms with Gasteiger partial charge in [0.1, 0.15) is 0 Å². The summed E-state index contributed by atoms with van der Waals surface area (Å²) in [5.41, 5.74) is 0.522. The van der Waals surface area contributed by atoms with Crippen molar-refractivity contribution in [2.75, 3.05) is 26.7 Å². The molecule has 1 amide bonds. The highest BCUT2D eigenvalue weighted by atomic mass is 35.5. The molecule has 0 radical (unpaired) electrons. The minimum Gasteiger partial charge on any atom is -0.337 e. The van der Waals surface area contributed by atoms with Crippen molar-refractivity contribution in [3.8, 4) is 0 Å². The first kappa shape index (κ1) is 16.6. The van der Waals surface area contributed by atoms with Crippen LogP contribution in [0.1, 0.15) is 36.5 Å². The van der Waals surface area contributed by atoms with Crippen molar-refractivity contribution in [1.82, 2.24) is 9.80 Å². The van der Waals surface area contributed by atoms with Crippen molar-refractivity contribution in [3.63, 3.8) is 0 Å². The first-order valence-electron chi connectivity index (χ1n) is 7.47. The number of benzene rings is 1. The van der Waals surface area contributed by atoms with E-state index < -0.39 is 0 Å². The molecular weight excluding hydrogens is 307 g/mol. The minimum absolute atomic E-state index is 0.0318. The van der Waals surface area contributed by atoms with Crippen molar-refractivity contribution in [2.24, 2.45) is 0 Å². The molecule has 0 aliphatic carbocycles. The maximum absolute atomic E-state index is 12.7. The topological polar surface area (TPSA) is 23.6 Å². The monoisotopic (exact) mass is 328 g/mol. The maximum atomic E-state index is 12.7. The Labute approximate surface area is 136 Å². The van der Waals surface area contributed by atoms with Crippen molar-refractivity contribution in [1.29, 1.82) is 0 Å². The first-order chi connectivity index (χ1) is 10.0. The molecule has 1 unspecified atom stereocenters. The van der Waals surface area contributed by atoms with Gasteiger partial charge in [-0.3, -0.25) is 4.79 Å². The molecule has 1 saturated heterocycles. The van der Waals surface area contributed by atoms with E-state index in [1.54, 1.807) is 18.2 Å². The van der Waals surface area contributed by atoms with Crippen molar-refractivity contribution in [2.45, 2.75) is 32.2 Å². The molecule has 21 heavy (non-hydrogen) atoms. The maximum Gasteiger partial charge on any atom is 0.255 e. The number of halogens is 2. The Kier molecular flexibility index (Phi) is 5.91. The van der Waals surface area contributed by atoms with Gasteiger partial charge in [-0.1, -0.05) is 36.5 Å². The van der Waals surface area contributed by atoms with Gasteiger partial charge in [0.15, 0.2) is 0 Å². The van der Waals surface area contributed by atoms with Crippen LogP contribution < -0.4 is 0 Å². The van der Waals surface area contributed by atoms with Crippen LogP contribution in [0, 0.1) is 0 Å². The summed E-state index contributed by atoms with van der Waals surface area (Å²) in [7, 11) is 1.87. The summed E-state index contributed by atoms with van der Waals surface area (Å²) in [5, 5.41) is 0.962. The average molecular weight is 329 g/mol. The smallest absolute Gasteiger partial charge is 0.255 e. The summed E-state index contributed by atoms with van der Waals surface area (Å²) < 4.78 is 0. The van der Waals surface area contributed by atoms with Crippen LogP contribution >= 0.6 is 23.2 Å². The number of likely N-dealkylation sites (N-methyl/N-ethyl adjacent to an activating group) is 1. The quantitative estimate of drug-likeness (QED) is 0.789. The van der Waals surface area contributed by atoms with Gasteiger partial charge in [-0.05, 0) is 44.1 Å². The third kappa shape index (κ3) is 4.12. The van der Waals surface area contributed by atoms with Gasteiger partial charge in [-0.15, -0.1) is 0 Å². The predicted molar refractivity (Wildman–Crippen MR) is 88.3 cm³/mol. The van der Waals surface area contributed by atoms with Gasteiger partial charge >= 0.3 is 0 Å². The zero-order valence-corrected chi connectivity index (χ0v) is 14.1. The number of carbonyl (C=O) groups is 1. The minimum atomic E-state index is -0.0318. The van der Waals surface area contributed by atoms with E-state index in [0.29, 0.717) is 15.6 Å². The van der Waals surface area contributed by atoms with Crippen LogP contribution in [0.5, 0.6) is 0 Å². The standard InChI is InChI=1S/C16H22Cl2N2O/c1-3-5-13(11-20-8-4-9-20)19(2)16(21)14-7-6-12(17)10-15(14)18/h6-7,10,13H,3-5,8-9,11H2,1-2H3. The van der Waals surface area contributed by atoms with E-state index in [9.17, 15) is 4.79 Å². The van der Waals surface area contributed by atoms with Gasteiger partial charge in [-0.25, -0.2) is 0 Å². The molecule has 1 atom stereocenters. The number of rotatable bonds is 6. The van der Waals surface area contributed by atoms with E-state index >= 15 is 0 Å². The molecule has 2 rings (SSSR count). The summed E-state index contributed by atoms with van der Waals surface area (Å²) in [6, 6.07) is 5.26. The zero-order valence-electron chi connectivity index (χ0n) is 12.6. The second-order valence-electron chi connectivity index (χ2n) is 5.64. The lowest BCUT2D eigenvalue weighted by Gasteiger charge is -2.37. The van der Waals surface area contributed by atoms with Gasteiger partial charge in [-0.2, -0.15) is 0 Å². The molecule has 1 aromatic carbocycles. The van der Waals surface area contributed by atoms with Gasteiger partial charge < -0.3 is 9.80 Å².